The molecule has 0 N–H and O–H groups in total. The second-order valence-corrected chi connectivity index (χ2v) is 10.4. The average molecular weight is 317 g/mol. The van der Waals surface area contributed by atoms with Gasteiger partial charge in [0.2, 0.25) is 0 Å². The van der Waals surface area contributed by atoms with Gasteiger partial charge in [0.05, 0.1) is 0 Å². The van der Waals surface area contributed by atoms with Crippen molar-refractivity contribution in [2.45, 2.75) is 98.1 Å². The van der Waals surface area contributed by atoms with Crippen LogP contribution in [0.4, 0.5) is 0 Å². The van der Waals surface area contributed by atoms with Crippen LogP contribution < -0.4 is 0 Å². The summed E-state index contributed by atoms with van der Waals surface area (Å²) in [6.07, 6.45) is 10.5. The van der Waals surface area contributed by atoms with Crippen molar-refractivity contribution < 1.29 is 8.85 Å². The van der Waals surface area contributed by atoms with E-state index in [-0.39, 0.29) is 0 Å². The minimum atomic E-state index is -1.89. The first-order valence-corrected chi connectivity index (χ1v) is 11.6. The van der Waals surface area contributed by atoms with Crippen LogP contribution in [0.1, 0.15) is 86.0 Å². The summed E-state index contributed by atoms with van der Waals surface area (Å²) in [6.45, 7) is 13.0. The standard InChI is InChI=1S/C18H40O2Si/c1-6-9-10-11-12-13-14-16-19-21(7-2,8-3)20-17-15-18(4)5/h18H,6-17H2,1-5H3. The number of unbranched alkanes of at least 4 members (excludes halogenated alkanes) is 6. The predicted molar refractivity (Wildman–Crippen MR) is 96.1 cm³/mol. The van der Waals surface area contributed by atoms with Gasteiger partial charge in [0, 0.05) is 13.2 Å². The highest BCUT2D eigenvalue weighted by Gasteiger charge is 2.33. The number of hydrogen-bond donors (Lipinski definition) is 0. The fourth-order valence-corrected chi connectivity index (χ4v) is 4.90. The minimum absolute atomic E-state index is 0.716. The van der Waals surface area contributed by atoms with Crippen LogP contribution in [0.25, 0.3) is 0 Å². The van der Waals surface area contributed by atoms with Gasteiger partial charge in [-0.2, -0.15) is 0 Å². The van der Waals surface area contributed by atoms with Gasteiger partial charge < -0.3 is 8.85 Å². The molecule has 0 aromatic rings. The molecule has 0 saturated heterocycles. The lowest BCUT2D eigenvalue weighted by Crippen LogP contribution is -2.41. The molecule has 0 unspecified atom stereocenters. The van der Waals surface area contributed by atoms with Gasteiger partial charge in [0.1, 0.15) is 0 Å². The molecule has 0 rings (SSSR count). The van der Waals surface area contributed by atoms with Crippen molar-refractivity contribution in [1.29, 1.82) is 0 Å². The Morgan fingerprint density at radius 2 is 1.24 bits per heavy atom. The van der Waals surface area contributed by atoms with E-state index in [4.69, 9.17) is 8.85 Å². The molecule has 0 heterocycles. The fourth-order valence-electron chi connectivity index (χ4n) is 2.50. The lowest BCUT2D eigenvalue weighted by molar-refractivity contribution is 0.159. The van der Waals surface area contributed by atoms with Crippen LogP contribution in [0, 0.1) is 5.92 Å². The molecule has 0 aliphatic heterocycles. The van der Waals surface area contributed by atoms with E-state index in [0.29, 0.717) is 5.92 Å². The molecular weight excluding hydrogens is 276 g/mol. The van der Waals surface area contributed by atoms with Gasteiger partial charge in [0.15, 0.2) is 0 Å². The van der Waals surface area contributed by atoms with Crippen molar-refractivity contribution >= 4 is 8.56 Å². The molecule has 3 heteroatoms. The highest BCUT2D eigenvalue weighted by atomic mass is 28.4. The Kier molecular flexibility index (Phi) is 13.9. The molecule has 0 saturated carbocycles. The summed E-state index contributed by atoms with van der Waals surface area (Å²) in [7, 11) is -1.89. The van der Waals surface area contributed by atoms with E-state index in [0.717, 1.165) is 31.7 Å². The van der Waals surface area contributed by atoms with Crippen LogP contribution in [0.3, 0.4) is 0 Å². The molecule has 0 spiro atoms. The normalized spacial score (nSPS) is 12.3. The van der Waals surface area contributed by atoms with Gasteiger partial charge in [-0.3, -0.25) is 0 Å². The first kappa shape index (κ1) is 21.1. The highest BCUT2D eigenvalue weighted by Crippen LogP contribution is 2.20. The third kappa shape index (κ3) is 11.4. The first-order valence-electron chi connectivity index (χ1n) is 9.38. The second kappa shape index (κ2) is 13.8. The lowest BCUT2D eigenvalue weighted by Gasteiger charge is -2.29. The molecule has 0 bridgehead atoms. The maximum atomic E-state index is 6.25. The summed E-state index contributed by atoms with van der Waals surface area (Å²) >= 11 is 0. The lowest BCUT2D eigenvalue weighted by atomic mass is 10.1. The Hall–Kier alpha value is 0.137. The predicted octanol–water partition coefficient (Wildman–Crippen LogP) is 6.30. The molecule has 0 aromatic heterocycles. The van der Waals surface area contributed by atoms with E-state index in [1.807, 2.05) is 0 Å². The summed E-state index contributed by atoms with van der Waals surface area (Å²) in [5, 5.41) is 0. The van der Waals surface area contributed by atoms with Crippen LogP contribution in [0.15, 0.2) is 0 Å². The zero-order chi connectivity index (χ0) is 16.0. The van der Waals surface area contributed by atoms with Gasteiger partial charge in [-0.05, 0) is 30.8 Å². The fraction of sp³-hybridized carbons (Fsp3) is 1.00. The van der Waals surface area contributed by atoms with Gasteiger partial charge in [-0.25, -0.2) is 0 Å². The molecule has 0 atom stereocenters. The summed E-state index contributed by atoms with van der Waals surface area (Å²) in [6, 6.07) is 2.16. The molecule has 128 valence electrons. The van der Waals surface area contributed by atoms with Crippen LogP contribution in [-0.4, -0.2) is 21.8 Å². The number of hydrogen-bond acceptors (Lipinski definition) is 2. The maximum Gasteiger partial charge on any atom is 0.337 e. The maximum absolute atomic E-state index is 6.25. The quantitative estimate of drug-likeness (QED) is 0.261. The van der Waals surface area contributed by atoms with E-state index >= 15 is 0 Å². The van der Waals surface area contributed by atoms with Gasteiger partial charge >= 0.3 is 8.56 Å². The molecule has 21 heavy (non-hydrogen) atoms. The Labute approximate surface area is 135 Å². The molecule has 2 nitrogen and oxygen atoms in total. The Bertz CT molecular complexity index is 215. The molecule has 0 fully saturated rings. The first-order chi connectivity index (χ1) is 10.1. The second-order valence-electron chi connectivity index (χ2n) is 6.62. The van der Waals surface area contributed by atoms with E-state index < -0.39 is 8.56 Å². The summed E-state index contributed by atoms with van der Waals surface area (Å²) in [5.41, 5.74) is 0. The van der Waals surface area contributed by atoms with Gasteiger partial charge in [-0.1, -0.05) is 73.1 Å². The molecule has 0 radical (unpaired) electrons. The minimum Gasteiger partial charge on any atom is -0.394 e. The molecule has 0 aromatic carbocycles. The van der Waals surface area contributed by atoms with E-state index in [1.165, 1.54) is 44.9 Å². The van der Waals surface area contributed by atoms with Crippen LogP contribution in [0.5, 0.6) is 0 Å². The largest absolute Gasteiger partial charge is 0.394 e. The van der Waals surface area contributed by atoms with E-state index in [1.54, 1.807) is 0 Å². The smallest absolute Gasteiger partial charge is 0.337 e. The molecule has 0 amide bonds. The third-order valence-electron chi connectivity index (χ3n) is 4.25. The summed E-state index contributed by atoms with van der Waals surface area (Å²) in [5.74, 6) is 0.716. The van der Waals surface area contributed by atoms with E-state index in [9.17, 15) is 0 Å². The topological polar surface area (TPSA) is 18.5 Å². The van der Waals surface area contributed by atoms with Crippen LogP contribution in [-0.2, 0) is 8.85 Å². The Morgan fingerprint density at radius 3 is 1.76 bits per heavy atom. The Morgan fingerprint density at radius 1 is 0.714 bits per heavy atom. The van der Waals surface area contributed by atoms with Crippen molar-refractivity contribution in [3.63, 3.8) is 0 Å². The monoisotopic (exact) mass is 316 g/mol. The SMILES string of the molecule is CCCCCCCCCO[Si](CC)(CC)OCCC(C)C. The highest BCUT2D eigenvalue weighted by molar-refractivity contribution is 6.67. The van der Waals surface area contributed by atoms with Crippen molar-refractivity contribution in [2.24, 2.45) is 5.92 Å². The summed E-state index contributed by atoms with van der Waals surface area (Å²) < 4.78 is 12.5. The zero-order valence-electron chi connectivity index (χ0n) is 15.4. The average Bonchev–Trinajstić information content (AvgIpc) is 2.48. The van der Waals surface area contributed by atoms with Crippen molar-refractivity contribution in [2.75, 3.05) is 13.2 Å². The van der Waals surface area contributed by atoms with Crippen molar-refractivity contribution in [3.05, 3.63) is 0 Å². The zero-order valence-corrected chi connectivity index (χ0v) is 16.4. The molecular formula is C18H40O2Si. The summed E-state index contributed by atoms with van der Waals surface area (Å²) in [4.78, 5) is 0. The Balaban J connectivity index is 3.77. The van der Waals surface area contributed by atoms with E-state index in [2.05, 4.69) is 34.6 Å². The number of rotatable bonds is 15. The van der Waals surface area contributed by atoms with Crippen molar-refractivity contribution in [1.82, 2.24) is 0 Å². The van der Waals surface area contributed by atoms with Crippen LogP contribution in [0.2, 0.25) is 12.1 Å². The van der Waals surface area contributed by atoms with Crippen LogP contribution >= 0.6 is 0 Å². The van der Waals surface area contributed by atoms with Gasteiger partial charge in [-0.15, -0.1) is 0 Å². The van der Waals surface area contributed by atoms with Gasteiger partial charge in [0.25, 0.3) is 0 Å². The molecule has 0 aliphatic rings. The van der Waals surface area contributed by atoms with Crippen molar-refractivity contribution in [3.8, 4) is 0 Å². The third-order valence-corrected chi connectivity index (χ3v) is 7.87. The molecule has 0 aliphatic carbocycles.